The summed E-state index contributed by atoms with van der Waals surface area (Å²) in [7, 11) is 0. The molecule has 90 valence electrons. The van der Waals surface area contributed by atoms with Crippen LogP contribution < -0.4 is 5.32 Å². The molecule has 1 heterocycles. The van der Waals surface area contributed by atoms with Crippen LogP contribution in [0, 0.1) is 0 Å². The highest BCUT2D eigenvalue weighted by Gasteiger charge is 2.06. The van der Waals surface area contributed by atoms with Gasteiger partial charge in [0.15, 0.2) is 0 Å². The number of hydrogen-bond acceptors (Lipinski definition) is 3. The minimum absolute atomic E-state index is 0.921. The van der Waals surface area contributed by atoms with E-state index in [1.807, 2.05) is 12.3 Å². The van der Waals surface area contributed by atoms with Crippen molar-refractivity contribution < 1.29 is 0 Å². The lowest BCUT2D eigenvalue weighted by Gasteiger charge is -2.20. The lowest BCUT2D eigenvalue weighted by Crippen LogP contribution is -2.24. The number of aromatic nitrogens is 1. The largest absolute Gasteiger partial charge is 0.370 e. The standard InChI is InChI=1S/C13H23N3/c1-4-10-16(6-3)11-12-8-7-9-15-13(12)14-5-2/h7-9H,4-6,10-11H2,1-3H3,(H,14,15). The zero-order chi connectivity index (χ0) is 11.8. The second-order valence-electron chi connectivity index (χ2n) is 3.91. The second kappa shape index (κ2) is 7.23. The predicted molar refractivity (Wildman–Crippen MR) is 69.6 cm³/mol. The SMILES string of the molecule is CCCN(CC)Cc1cccnc1NCC. The summed E-state index contributed by atoms with van der Waals surface area (Å²) in [6, 6.07) is 4.17. The Kier molecular flexibility index (Phi) is 5.86. The molecule has 0 unspecified atom stereocenters. The van der Waals surface area contributed by atoms with Crippen molar-refractivity contribution in [1.82, 2.24) is 9.88 Å². The molecular weight excluding hydrogens is 198 g/mol. The zero-order valence-corrected chi connectivity index (χ0v) is 10.7. The van der Waals surface area contributed by atoms with Crippen LogP contribution in [-0.4, -0.2) is 29.5 Å². The molecule has 0 saturated heterocycles. The fourth-order valence-corrected chi connectivity index (χ4v) is 1.80. The Balaban J connectivity index is 2.70. The topological polar surface area (TPSA) is 28.2 Å². The molecule has 1 rings (SSSR count). The zero-order valence-electron chi connectivity index (χ0n) is 10.7. The number of nitrogens with zero attached hydrogens (tertiary/aromatic N) is 2. The van der Waals surface area contributed by atoms with Crippen LogP contribution in [0.25, 0.3) is 0 Å². The van der Waals surface area contributed by atoms with Crippen molar-refractivity contribution in [3.63, 3.8) is 0 Å². The number of pyridine rings is 1. The number of rotatable bonds is 7. The monoisotopic (exact) mass is 221 g/mol. The van der Waals surface area contributed by atoms with Crippen LogP contribution in [0.1, 0.15) is 32.8 Å². The molecule has 0 amide bonds. The van der Waals surface area contributed by atoms with Crippen molar-refractivity contribution in [2.75, 3.05) is 25.0 Å². The van der Waals surface area contributed by atoms with E-state index in [2.05, 4.69) is 42.0 Å². The Morgan fingerprint density at radius 2 is 2.12 bits per heavy atom. The first-order chi connectivity index (χ1) is 7.81. The van der Waals surface area contributed by atoms with E-state index < -0.39 is 0 Å². The highest BCUT2D eigenvalue weighted by molar-refractivity contribution is 5.43. The Labute approximate surface area is 98.9 Å². The lowest BCUT2D eigenvalue weighted by atomic mass is 10.2. The van der Waals surface area contributed by atoms with E-state index in [0.29, 0.717) is 0 Å². The van der Waals surface area contributed by atoms with Gasteiger partial charge in [-0.3, -0.25) is 4.90 Å². The van der Waals surface area contributed by atoms with Gasteiger partial charge in [-0.05, 0) is 32.5 Å². The normalized spacial score (nSPS) is 10.8. The first kappa shape index (κ1) is 13.0. The summed E-state index contributed by atoms with van der Waals surface area (Å²) in [6.45, 7) is 10.7. The van der Waals surface area contributed by atoms with Crippen molar-refractivity contribution in [2.45, 2.75) is 33.7 Å². The third-order valence-corrected chi connectivity index (χ3v) is 2.62. The van der Waals surface area contributed by atoms with Gasteiger partial charge in [0.2, 0.25) is 0 Å². The van der Waals surface area contributed by atoms with Crippen LogP contribution in [0.2, 0.25) is 0 Å². The third kappa shape index (κ3) is 3.81. The van der Waals surface area contributed by atoms with Crippen LogP contribution in [-0.2, 0) is 6.54 Å². The Morgan fingerprint density at radius 3 is 2.75 bits per heavy atom. The van der Waals surface area contributed by atoms with Gasteiger partial charge in [-0.15, -0.1) is 0 Å². The summed E-state index contributed by atoms with van der Waals surface area (Å²) in [5.41, 5.74) is 1.29. The molecule has 16 heavy (non-hydrogen) atoms. The molecule has 1 N–H and O–H groups in total. The second-order valence-corrected chi connectivity index (χ2v) is 3.91. The first-order valence-electron chi connectivity index (χ1n) is 6.21. The minimum atomic E-state index is 0.921. The molecule has 0 aliphatic carbocycles. The van der Waals surface area contributed by atoms with Crippen molar-refractivity contribution >= 4 is 5.82 Å². The maximum atomic E-state index is 4.38. The molecule has 1 aromatic heterocycles. The van der Waals surface area contributed by atoms with E-state index in [-0.39, 0.29) is 0 Å². The van der Waals surface area contributed by atoms with E-state index >= 15 is 0 Å². The summed E-state index contributed by atoms with van der Waals surface area (Å²) in [4.78, 5) is 6.82. The average Bonchev–Trinajstić information content (AvgIpc) is 2.31. The molecule has 0 aromatic carbocycles. The summed E-state index contributed by atoms with van der Waals surface area (Å²) in [5.74, 6) is 1.03. The Morgan fingerprint density at radius 1 is 1.31 bits per heavy atom. The maximum absolute atomic E-state index is 4.38. The maximum Gasteiger partial charge on any atom is 0.130 e. The highest BCUT2D eigenvalue weighted by Crippen LogP contribution is 2.13. The number of nitrogens with one attached hydrogen (secondary N) is 1. The molecule has 0 aliphatic rings. The van der Waals surface area contributed by atoms with Gasteiger partial charge in [0.1, 0.15) is 5.82 Å². The van der Waals surface area contributed by atoms with E-state index in [9.17, 15) is 0 Å². The molecule has 3 nitrogen and oxygen atoms in total. The number of anilines is 1. The molecule has 1 aromatic rings. The van der Waals surface area contributed by atoms with Crippen LogP contribution in [0.5, 0.6) is 0 Å². The van der Waals surface area contributed by atoms with E-state index in [4.69, 9.17) is 0 Å². The molecule has 0 radical (unpaired) electrons. The molecule has 0 atom stereocenters. The van der Waals surface area contributed by atoms with Crippen molar-refractivity contribution in [3.05, 3.63) is 23.9 Å². The van der Waals surface area contributed by atoms with Gasteiger partial charge in [-0.2, -0.15) is 0 Å². The molecule has 0 fully saturated rings. The van der Waals surface area contributed by atoms with Crippen molar-refractivity contribution in [1.29, 1.82) is 0 Å². The summed E-state index contributed by atoms with van der Waals surface area (Å²) >= 11 is 0. The van der Waals surface area contributed by atoms with Crippen LogP contribution >= 0.6 is 0 Å². The fraction of sp³-hybridized carbons (Fsp3) is 0.615. The summed E-state index contributed by atoms with van der Waals surface area (Å²) in [6.07, 6.45) is 3.04. The molecule has 3 heteroatoms. The molecular formula is C13H23N3. The minimum Gasteiger partial charge on any atom is -0.370 e. The first-order valence-corrected chi connectivity index (χ1v) is 6.21. The fourth-order valence-electron chi connectivity index (χ4n) is 1.80. The highest BCUT2D eigenvalue weighted by atomic mass is 15.1. The molecule has 0 bridgehead atoms. The summed E-state index contributed by atoms with van der Waals surface area (Å²) < 4.78 is 0. The van der Waals surface area contributed by atoms with Gasteiger partial charge in [-0.1, -0.05) is 19.9 Å². The van der Waals surface area contributed by atoms with Crippen LogP contribution in [0.4, 0.5) is 5.82 Å². The van der Waals surface area contributed by atoms with Crippen molar-refractivity contribution in [2.24, 2.45) is 0 Å². The van der Waals surface area contributed by atoms with Crippen LogP contribution in [0.15, 0.2) is 18.3 Å². The van der Waals surface area contributed by atoms with Gasteiger partial charge in [0.05, 0.1) is 0 Å². The van der Waals surface area contributed by atoms with Gasteiger partial charge in [0, 0.05) is 24.8 Å². The quantitative estimate of drug-likeness (QED) is 0.767. The third-order valence-electron chi connectivity index (χ3n) is 2.62. The van der Waals surface area contributed by atoms with Gasteiger partial charge >= 0.3 is 0 Å². The van der Waals surface area contributed by atoms with E-state index in [0.717, 1.165) is 32.0 Å². The number of hydrogen-bond donors (Lipinski definition) is 1. The Bertz CT molecular complexity index is 299. The summed E-state index contributed by atoms with van der Waals surface area (Å²) in [5, 5.41) is 3.31. The Hall–Kier alpha value is -1.09. The smallest absolute Gasteiger partial charge is 0.130 e. The van der Waals surface area contributed by atoms with E-state index in [1.54, 1.807) is 0 Å². The van der Waals surface area contributed by atoms with Gasteiger partial charge in [0.25, 0.3) is 0 Å². The molecule has 0 aliphatic heterocycles. The molecule has 0 saturated carbocycles. The lowest BCUT2D eigenvalue weighted by molar-refractivity contribution is 0.281. The van der Waals surface area contributed by atoms with Crippen LogP contribution in [0.3, 0.4) is 0 Å². The predicted octanol–water partition coefficient (Wildman–Crippen LogP) is 2.75. The van der Waals surface area contributed by atoms with E-state index in [1.165, 1.54) is 12.0 Å². The van der Waals surface area contributed by atoms with Gasteiger partial charge < -0.3 is 5.32 Å². The van der Waals surface area contributed by atoms with Gasteiger partial charge in [-0.25, -0.2) is 4.98 Å². The van der Waals surface area contributed by atoms with Crippen molar-refractivity contribution in [3.8, 4) is 0 Å². The molecule has 0 spiro atoms. The average molecular weight is 221 g/mol.